The van der Waals surface area contributed by atoms with Crippen LogP contribution < -0.4 is 10.6 Å². The molecule has 2 amide bonds. The monoisotopic (exact) mass is 392 g/mol. The minimum atomic E-state index is -3.86. The molecule has 0 bridgehead atoms. The molecule has 146 valence electrons. The first-order chi connectivity index (χ1) is 12.6. The van der Waals surface area contributed by atoms with Gasteiger partial charge in [-0.05, 0) is 57.0 Å². The lowest BCUT2D eigenvalue weighted by Crippen LogP contribution is -2.44. The SMILES string of the molecule is Cc1ccc(C)c(S(=O)(=O)[C@@H](CNC(=O)C(=O)NC(C)C)c2ccco2)c1. The number of sulfone groups is 1. The first kappa shape index (κ1) is 20.7. The number of carbonyl (C=O) groups is 2. The van der Waals surface area contributed by atoms with E-state index in [1.165, 1.54) is 12.3 Å². The summed E-state index contributed by atoms with van der Waals surface area (Å²) < 4.78 is 31.8. The summed E-state index contributed by atoms with van der Waals surface area (Å²) in [6, 6.07) is 8.06. The van der Waals surface area contributed by atoms with Gasteiger partial charge in [-0.2, -0.15) is 0 Å². The van der Waals surface area contributed by atoms with Gasteiger partial charge in [0.1, 0.15) is 11.0 Å². The number of benzene rings is 1. The molecule has 0 saturated carbocycles. The summed E-state index contributed by atoms with van der Waals surface area (Å²) in [6.07, 6.45) is 1.37. The Labute approximate surface area is 159 Å². The van der Waals surface area contributed by atoms with Crippen LogP contribution in [0.4, 0.5) is 0 Å². The van der Waals surface area contributed by atoms with Crippen molar-refractivity contribution in [3.8, 4) is 0 Å². The predicted octanol–water partition coefficient (Wildman–Crippen LogP) is 2.05. The van der Waals surface area contributed by atoms with E-state index in [0.29, 0.717) is 5.56 Å². The zero-order chi connectivity index (χ0) is 20.2. The van der Waals surface area contributed by atoms with Gasteiger partial charge in [0.15, 0.2) is 9.84 Å². The maximum absolute atomic E-state index is 13.3. The summed E-state index contributed by atoms with van der Waals surface area (Å²) in [4.78, 5) is 23.9. The lowest BCUT2D eigenvalue weighted by Gasteiger charge is -2.18. The number of aryl methyl sites for hydroxylation is 2. The minimum absolute atomic E-state index is 0.171. The Kier molecular flexibility index (Phi) is 6.43. The first-order valence-electron chi connectivity index (χ1n) is 8.56. The third-order valence-electron chi connectivity index (χ3n) is 3.96. The van der Waals surface area contributed by atoms with E-state index in [-0.39, 0.29) is 23.2 Å². The van der Waals surface area contributed by atoms with Gasteiger partial charge < -0.3 is 15.1 Å². The van der Waals surface area contributed by atoms with Crippen LogP contribution >= 0.6 is 0 Å². The summed E-state index contributed by atoms with van der Waals surface area (Å²) in [6.45, 7) is 6.68. The van der Waals surface area contributed by atoms with E-state index in [1.54, 1.807) is 45.9 Å². The number of amides is 2. The van der Waals surface area contributed by atoms with Crippen LogP contribution in [-0.4, -0.2) is 32.8 Å². The van der Waals surface area contributed by atoms with Crippen LogP contribution in [-0.2, 0) is 19.4 Å². The van der Waals surface area contributed by atoms with Gasteiger partial charge in [-0.25, -0.2) is 8.42 Å². The number of hydrogen-bond donors (Lipinski definition) is 2. The van der Waals surface area contributed by atoms with E-state index in [9.17, 15) is 18.0 Å². The fraction of sp³-hybridized carbons (Fsp3) is 0.368. The molecule has 0 aliphatic carbocycles. The molecule has 0 aliphatic rings. The van der Waals surface area contributed by atoms with Crippen LogP contribution in [0.1, 0.15) is 36.0 Å². The molecule has 7 nitrogen and oxygen atoms in total. The zero-order valence-corrected chi connectivity index (χ0v) is 16.6. The molecule has 1 heterocycles. The standard InChI is InChI=1S/C19H24N2O5S/c1-12(2)21-19(23)18(22)20-11-17(15-6-5-9-26-15)27(24,25)16-10-13(3)7-8-14(16)4/h5-10,12,17H,11H2,1-4H3,(H,20,22)(H,21,23)/t17-/m0/s1. The Balaban J connectivity index is 2.32. The maximum atomic E-state index is 13.3. The quantitative estimate of drug-likeness (QED) is 0.732. The summed E-state index contributed by atoms with van der Waals surface area (Å²) in [5.74, 6) is -1.51. The van der Waals surface area contributed by atoms with Crippen molar-refractivity contribution in [2.24, 2.45) is 0 Å². The molecule has 0 saturated heterocycles. The fourth-order valence-corrected chi connectivity index (χ4v) is 4.51. The Morgan fingerprint density at radius 2 is 1.81 bits per heavy atom. The van der Waals surface area contributed by atoms with E-state index in [4.69, 9.17) is 4.42 Å². The third kappa shape index (κ3) is 4.97. The molecule has 0 unspecified atom stereocenters. The average Bonchev–Trinajstić information content (AvgIpc) is 3.10. The van der Waals surface area contributed by atoms with Gasteiger partial charge in [0, 0.05) is 12.6 Å². The molecule has 1 atom stereocenters. The molecular formula is C19H24N2O5S. The van der Waals surface area contributed by atoms with Gasteiger partial charge >= 0.3 is 11.8 Å². The molecule has 2 N–H and O–H groups in total. The number of carbonyl (C=O) groups excluding carboxylic acids is 2. The van der Waals surface area contributed by atoms with Crippen molar-refractivity contribution in [1.29, 1.82) is 0 Å². The molecule has 0 radical (unpaired) electrons. The van der Waals surface area contributed by atoms with Gasteiger partial charge in [0.25, 0.3) is 0 Å². The lowest BCUT2D eigenvalue weighted by atomic mass is 10.2. The van der Waals surface area contributed by atoms with Crippen LogP contribution in [0, 0.1) is 13.8 Å². The topological polar surface area (TPSA) is 105 Å². The summed E-state index contributed by atoms with van der Waals surface area (Å²) in [7, 11) is -3.86. The smallest absolute Gasteiger partial charge is 0.309 e. The van der Waals surface area contributed by atoms with Crippen molar-refractivity contribution < 1.29 is 22.4 Å². The highest BCUT2D eigenvalue weighted by atomic mass is 32.2. The second kappa shape index (κ2) is 8.39. The second-order valence-electron chi connectivity index (χ2n) is 6.66. The number of rotatable bonds is 6. The van der Waals surface area contributed by atoms with E-state index in [2.05, 4.69) is 10.6 Å². The van der Waals surface area contributed by atoms with Gasteiger partial charge in [-0.1, -0.05) is 12.1 Å². The highest BCUT2D eigenvalue weighted by Gasteiger charge is 2.33. The van der Waals surface area contributed by atoms with Crippen LogP contribution in [0.2, 0.25) is 0 Å². The van der Waals surface area contributed by atoms with Crippen molar-refractivity contribution in [2.45, 2.75) is 43.9 Å². The van der Waals surface area contributed by atoms with E-state index in [0.717, 1.165) is 5.56 Å². The summed E-state index contributed by atoms with van der Waals surface area (Å²) in [5.41, 5.74) is 1.40. The van der Waals surface area contributed by atoms with Crippen LogP contribution in [0.25, 0.3) is 0 Å². The molecule has 0 spiro atoms. The number of nitrogens with one attached hydrogen (secondary N) is 2. The van der Waals surface area contributed by atoms with Crippen molar-refractivity contribution in [1.82, 2.24) is 10.6 Å². The lowest BCUT2D eigenvalue weighted by molar-refractivity contribution is -0.139. The Morgan fingerprint density at radius 3 is 2.41 bits per heavy atom. The first-order valence-corrected chi connectivity index (χ1v) is 10.1. The Bertz CT molecular complexity index is 918. The zero-order valence-electron chi connectivity index (χ0n) is 15.8. The molecule has 1 aromatic heterocycles. The van der Waals surface area contributed by atoms with Gasteiger partial charge in [-0.15, -0.1) is 0 Å². The highest BCUT2D eigenvalue weighted by molar-refractivity contribution is 7.91. The van der Waals surface area contributed by atoms with Gasteiger partial charge in [-0.3, -0.25) is 9.59 Å². The van der Waals surface area contributed by atoms with Crippen LogP contribution in [0.15, 0.2) is 45.9 Å². The Morgan fingerprint density at radius 1 is 1.11 bits per heavy atom. The maximum Gasteiger partial charge on any atom is 0.309 e. The Hall–Kier alpha value is -2.61. The van der Waals surface area contributed by atoms with Crippen molar-refractivity contribution >= 4 is 21.7 Å². The molecule has 0 aliphatic heterocycles. The van der Waals surface area contributed by atoms with Crippen LogP contribution in [0.5, 0.6) is 0 Å². The molecule has 1 aromatic carbocycles. The third-order valence-corrected chi connectivity index (χ3v) is 6.16. The number of hydrogen-bond acceptors (Lipinski definition) is 5. The highest BCUT2D eigenvalue weighted by Crippen LogP contribution is 2.31. The van der Waals surface area contributed by atoms with E-state index in [1.807, 2.05) is 6.07 Å². The van der Waals surface area contributed by atoms with Gasteiger partial charge in [0.05, 0.1) is 11.2 Å². The molecule has 0 fully saturated rings. The fourth-order valence-electron chi connectivity index (χ4n) is 2.60. The average molecular weight is 392 g/mol. The molecule has 8 heteroatoms. The number of furan rings is 1. The van der Waals surface area contributed by atoms with Crippen molar-refractivity contribution in [3.63, 3.8) is 0 Å². The summed E-state index contributed by atoms with van der Waals surface area (Å²) in [5, 5.41) is 3.71. The molecule has 2 aromatic rings. The van der Waals surface area contributed by atoms with E-state index < -0.39 is 26.9 Å². The largest absolute Gasteiger partial charge is 0.468 e. The molecule has 27 heavy (non-hydrogen) atoms. The second-order valence-corrected chi connectivity index (χ2v) is 8.76. The predicted molar refractivity (Wildman–Crippen MR) is 101 cm³/mol. The normalized spacial score (nSPS) is 12.6. The summed E-state index contributed by atoms with van der Waals surface area (Å²) >= 11 is 0. The minimum Gasteiger partial charge on any atom is -0.468 e. The molecular weight excluding hydrogens is 368 g/mol. The molecule has 2 rings (SSSR count). The van der Waals surface area contributed by atoms with Crippen molar-refractivity contribution in [3.05, 3.63) is 53.5 Å². The van der Waals surface area contributed by atoms with Crippen LogP contribution in [0.3, 0.4) is 0 Å². The van der Waals surface area contributed by atoms with Crippen molar-refractivity contribution in [2.75, 3.05) is 6.54 Å². The van der Waals surface area contributed by atoms with Gasteiger partial charge in [0.2, 0.25) is 0 Å². The van der Waals surface area contributed by atoms with E-state index >= 15 is 0 Å².